The Kier molecular flexibility index (Phi) is 6.01. The first-order valence-electron chi connectivity index (χ1n) is 14.8. The van der Waals surface area contributed by atoms with Crippen LogP contribution in [0.5, 0.6) is 11.8 Å². The van der Waals surface area contributed by atoms with Crippen LogP contribution in [0.4, 0.5) is 23.4 Å². The van der Waals surface area contributed by atoms with Crippen molar-refractivity contribution in [1.82, 2.24) is 24.8 Å². The number of benzene rings is 1. The number of piperazine rings is 1. The maximum Gasteiger partial charge on any atom is 0.419 e. The van der Waals surface area contributed by atoms with Crippen molar-refractivity contribution in [2.75, 3.05) is 37.6 Å². The number of ether oxygens (including phenoxy) is 1. The van der Waals surface area contributed by atoms with Crippen LogP contribution in [0.2, 0.25) is 5.02 Å². The van der Waals surface area contributed by atoms with Gasteiger partial charge in [-0.15, -0.1) is 0 Å². The van der Waals surface area contributed by atoms with Crippen molar-refractivity contribution in [2.24, 2.45) is 0 Å². The maximum atomic E-state index is 14.5. The standard InChI is InChI=1S/C28H29ClF4N6O3/c29-20-8-18(40)9-21(22(20)28(31,32)33)38-7-4-19-23(25(38)41)35-26(36-24(19)39-13-16-2-3-17(39)11-34-16)42-14-27-5-1-6-37(27)12-15(30)10-27/h4,7-9,15-17,34,40H,1-3,5-6,10-14H2/t15-,16?,17?,27+/m1/s1/i6D2. The van der Waals surface area contributed by atoms with E-state index >= 15 is 0 Å². The summed E-state index contributed by atoms with van der Waals surface area (Å²) in [6, 6.07) is 3.04. The van der Waals surface area contributed by atoms with E-state index in [4.69, 9.17) is 19.1 Å². The molecule has 42 heavy (non-hydrogen) atoms. The van der Waals surface area contributed by atoms with Crippen molar-refractivity contribution in [2.45, 2.75) is 62.1 Å². The first kappa shape index (κ1) is 25.3. The highest BCUT2D eigenvalue weighted by Gasteiger charge is 2.49. The lowest BCUT2D eigenvalue weighted by Crippen LogP contribution is -2.61. The van der Waals surface area contributed by atoms with Crippen LogP contribution in [-0.2, 0) is 6.18 Å². The summed E-state index contributed by atoms with van der Waals surface area (Å²) in [5.74, 6) is -0.168. The number of phenols is 1. The van der Waals surface area contributed by atoms with E-state index in [-0.39, 0.29) is 49.6 Å². The number of alkyl halides is 4. The summed E-state index contributed by atoms with van der Waals surface area (Å²) >= 11 is 5.89. The summed E-state index contributed by atoms with van der Waals surface area (Å²) in [5, 5.41) is 13.1. The molecule has 2 aromatic heterocycles. The first-order valence-corrected chi connectivity index (χ1v) is 14.2. The highest BCUT2D eigenvalue weighted by molar-refractivity contribution is 6.31. The number of hydrogen-bond acceptors (Lipinski definition) is 8. The average molecular weight is 611 g/mol. The van der Waals surface area contributed by atoms with Gasteiger partial charge in [0.1, 0.15) is 29.9 Å². The lowest BCUT2D eigenvalue weighted by atomic mass is 9.93. The second kappa shape index (κ2) is 9.95. The molecule has 2 N–H and O–H groups in total. The van der Waals surface area contributed by atoms with E-state index in [9.17, 15) is 27.5 Å². The first-order chi connectivity index (χ1) is 20.8. The van der Waals surface area contributed by atoms with Crippen LogP contribution in [-0.4, -0.2) is 81.1 Å². The number of phenolic OH excluding ortho intramolecular Hbond substituents is 1. The Hall–Kier alpha value is -3.16. The molecule has 4 atom stereocenters. The van der Waals surface area contributed by atoms with Crippen LogP contribution in [0.3, 0.4) is 0 Å². The molecular formula is C28H29ClF4N6O3. The Morgan fingerprint density at radius 1 is 1.26 bits per heavy atom. The van der Waals surface area contributed by atoms with E-state index < -0.39 is 52.0 Å². The van der Waals surface area contributed by atoms with Gasteiger partial charge in [-0.1, -0.05) is 11.6 Å². The summed E-state index contributed by atoms with van der Waals surface area (Å²) in [7, 11) is 0. The van der Waals surface area contributed by atoms with Gasteiger partial charge in [-0.2, -0.15) is 23.1 Å². The van der Waals surface area contributed by atoms with Gasteiger partial charge >= 0.3 is 12.2 Å². The Balaban J connectivity index is 1.36. The fraction of sp³-hybridized carbons (Fsp3) is 0.536. The number of anilines is 1. The molecule has 14 heteroatoms. The van der Waals surface area contributed by atoms with E-state index in [2.05, 4.69) is 15.3 Å². The number of halogens is 5. The molecule has 5 fully saturated rings. The SMILES string of the molecule is [2H]C1([2H])CC[C@@]2(COc3nc(N4CC5CCC4CN5)c4ccn(-c5cc(O)cc(Cl)c5C(F)(F)F)c(=O)c4n3)C[C@@H](F)CN12. The summed E-state index contributed by atoms with van der Waals surface area (Å²) in [4.78, 5) is 26.5. The van der Waals surface area contributed by atoms with Crippen LogP contribution in [0, 0.1) is 0 Å². The van der Waals surface area contributed by atoms with Crippen molar-refractivity contribution in [3.8, 4) is 17.4 Å². The highest BCUT2D eigenvalue weighted by Crippen LogP contribution is 2.42. The number of nitrogens with one attached hydrogen (secondary N) is 1. The molecule has 7 heterocycles. The fourth-order valence-electron chi connectivity index (χ4n) is 6.85. The van der Waals surface area contributed by atoms with Gasteiger partial charge in [-0.05, 0) is 44.3 Å². The zero-order chi connectivity index (χ0) is 31.2. The van der Waals surface area contributed by atoms with Gasteiger partial charge in [-0.25, -0.2) is 4.39 Å². The minimum Gasteiger partial charge on any atom is -0.508 e. The predicted octanol–water partition coefficient (Wildman–Crippen LogP) is 4.05. The molecule has 0 aliphatic carbocycles. The third-order valence-corrected chi connectivity index (χ3v) is 9.15. The van der Waals surface area contributed by atoms with Crippen LogP contribution < -0.4 is 20.5 Å². The molecule has 0 saturated carbocycles. The van der Waals surface area contributed by atoms with E-state index in [0.717, 1.165) is 29.5 Å². The molecule has 8 rings (SSSR count). The minimum atomic E-state index is -4.94. The second-order valence-electron chi connectivity index (χ2n) is 11.5. The normalized spacial score (nSPS) is 29.5. The van der Waals surface area contributed by atoms with Crippen molar-refractivity contribution < 1.29 is 30.1 Å². The molecule has 1 aromatic carbocycles. The van der Waals surface area contributed by atoms with Crippen molar-refractivity contribution in [1.29, 1.82) is 0 Å². The van der Waals surface area contributed by atoms with E-state index in [1.807, 2.05) is 4.90 Å². The number of piperidine rings is 2. The minimum absolute atomic E-state index is 0.0494. The molecule has 2 bridgehead atoms. The average Bonchev–Trinajstić information content (AvgIpc) is 3.43. The quantitative estimate of drug-likeness (QED) is 0.418. The van der Waals surface area contributed by atoms with Gasteiger partial charge < -0.3 is 20.1 Å². The van der Waals surface area contributed by atoms with Crippen molar-refractivity contribution in [3.05, 3.63) is 45.3 Å². The molecule has 5 aliphatic rings. The van der Waals surface area contributed by atoms with Crippen LogP contribution in [0.1, 0.15) is 40.4 Å². The Morgan fingerprint density at radius 2 is 2.10 bits per heavy atom. The number of hydrogen-bond donors (Lipinski definition) is 2. The Bertz CT molecular complexity index is 1700. The summed E-state index contributed by atoms with van der Waals surface area (Å²) in [6.07, 6.45) is -2.53. The fourth-order valence-corrected chi connectivity index (χ4v) is 7.17. The molecule has 0 amide bonds. The van der Waals surface area contributed by atoms with Crippen molar-refractivity contribution >= 4 is 28.3 Å². The number of rotatable bonds is 5. The Labute approximate surface area is 245 Å². The van der Waals surface area contributed by atoms with Crippen LogP contribution in [0.25, 0.3) is 16.6 Å². The second-order valence-corrected chi connectivity index (χ2v) is 11.9. The number of aromatic hydroxyl groups is 1. The summed E-state index contributed by atoms with van der Waals surface area (Å²) in [6.45, 7) is -0.631. The van der Waals surface area contributed by atoms with Gasteiger partial charge in [0, 0.05) is 53.1 Å². The smallest absolute Gasteiger partial charge is 0.419 e. The maximum absolute atomic E-state index is 14.5. The van der Waals surface area contributed by atoms with E-state index in [1.165, 1.54) is 17.2 Å². The number of fused-ring (bicyclic) bond motifs is 5. The molecule has 3 aromatic rings. The largest absolute Gasteiger partial charge is 0.508 e. The third-order valence-electron chi connectivity index (χ3n) is 8.85. The van der Waals surface area contributed by atoms with E-state index in [1.54, 1.807) is 0 Å². The molecule has 5 saturated heterocycles. The van der Waals surface area contributed by atoms with Gasteiger partial charge in [0.25, 0.3) is 5.56 Å². The van der Waals surface area contributed by atoms with Gasteiger partial charge in [0.2, 0.25) is 0 Å². The summed E-state index contributed by atoms with van der Waals surface area (Å²) < 4.78 is 80.2. The van der Waals surface area contributed by atoms with Gasteiger partial charge in [0.05, 0.1) is 27.2 Å². The zero-order valence-corrected chi connectivity index (χ0v) is 23.1. The van der Waals surface area contributed by atoms with Crippen LogP contribution in [0.15, 0.2) is 29.2 Å². The monoisotopic (exact) mass is 610 g/mol. The lowest BCUT2D eigenvalue weighted by Gasteiger charge is -2.46. The number of nitrogens with zero attached hydrogens (tertiary/aromatic N) is 5. The number of aromatic nitrogens is 3. The molecule has 224 valence electrons. The molecule has 2 unspecified atom stereocenters. The molecular weight excluding hydrogens is 580 g/mol. The molecule has 5 aliphatic heterocycles. The molecule has 9 nitrogen and oxygen atoms in total. The molecule has 0 spiro atoms. The molecule has 0 radical (unpaired) electrons. The van der Waals surface area contributed by atoms with E-state index in [0.29, 0.717) is 30.7 Å². The van der Waals surface area contributed by atoms with Crippen molar-refractivity contribution in [3.63, 3.8) is 0 Å². The zero-order valence-electron chi connectivity index (χ0n) is 24.3. The Morgan fingerprint density at radius 3 is 2.81 bits per heavy atom. The third kappa shape index (κ3) is 4.56. The highest BCUT2D eigenvalue weighted by atomic mass is 35.5. The van der Waals surface area contributed by atoms with Gasteiger partial charge in [-0.3, -0.25) is 14.3 Å². The number of pyridine rings is 1. The van der Waals surface area contributed by atoms with Gasteiger partial charge in [0.15, 0.2) is 0 Å². The summed E-state index contributed by atoms with van der Waals surface area (Å²) in [5.41, 5.74) is -4.00. The van der Waals surface area contributed by atoms with Crippen LogP contribution >= 0.6 is 11.6 Å². The topological polar surface area (TPSA) is 95.8 Å². The lowest BCUT2D eigenvalue weighted by molar-refractivity contribution is -0.137. The predicted molar refractivity (Wildman–Crippen MR) is 148 cm³/mol.